The predicted molar refractivity (Wildman–Crippen MR) is 134 cm³/mol. The number of hydrogen-bond acceptors (Lipinski definition) is 5. The van der Waals surface area contributed by atoms with Crippen molar-refractivity contribution < 1.29 is 37.6 Å². The first-order chi connectivity index (χ1) is 18.4. The number of hydrogen-bond donors (Lipinski definition) is 2. The van der Waals surface area contributed by atoms with Crippen molar-refractivity contribution in [1.82, 2.24) is 4.90 Å². The zero-order valence-corrected chi connectivity index (χ0v) is 21.6. The summed E-state index contributed by atoms with van der Waals surface area (Å²) >= 11 is 0. The summed E-state index contributed by atoms with van der Waals surface area (Å²) in [5, 5.41) is 37.6. The first kappa shape index (κ1) is 25.2. The maximum absolute atomic E-state index is 14.3. The van der Waals surface area contributed by atoms with Gasteiger partial charge in [-0.2, -0.15) is 13.2 Å². The fourth-order valence-electron chi connectivity index (χ4n) is 8.28. The Balaban J connectivity index is 1.28. The number of halogens is 3. The van der Waals surface area contributed by atoms with Gasteiger partial charge in [-0.05, 0) is 61.6 Å². The number of ether oxygens (including phenoxy) is 1. The molecule has 2 unspecified atom stereocenters. The molecular formula is C29H31F3N2O5. The number of piperidine rings is 1. The maximum atomic E-state index is 14.3. The molecule has 1 spiro atoms. The summed E-state index contributed by atoms with van der Waals surface area (Å²) in [7, 11) is 1.60. The molecule has 7 rings (SSSR count). The monoisotopic (exact) mass is 544 g/mol. The molecule has 2 aromatic rings. The number of likely N-dealkylation sites (tertiary alicyclic amines) is 1. The number of likely N-dealkylation sites (N-methyl/N-ethyl adjacent to an activating group) is 1. The summed E-state index contributed by atoms with van der Waals surface area (Å²) in [6, 6.07) is 6.42. The van der Waals surface area contributed by atoms with E-state index in [0.29, 0.717) is 44.0 Å². The Labute approximate surface area is 224 Å². The number of carbonyl (C=O) groups is 1. The van der Waals surface area contributed by atoms with E-state index in [0.717, 1.165) is 36.1 Å². The minimum absolute atomic E-state index is 0.0415. The zero-order chi connectivity index (χ0) is 27.5. The molecule has 3 fully saturated rings. The number of aromatic hydroxyl groups is 1. The van der Waals surface area contributed by atoms with Crippen molar-refractivity contribution in [2.75, 3.05) is 20.1 Å². The van der Waals surface area contributed by atoms with Crippen LogP contribution in [0.15, 0.2) is 36.4 Å². The SMILES string of the molecule is CN(C(=O)c1ccc(C(F)(F)F)cc1)[C@@H]1CC[C@@]2(O)[C@H]3Cc4ccc(O)c5c4C2(CC[N+]3([O-])CC2CC2)[C@H]1O5. The molecule has 5 aliphatic rings. The van der Waals surface area contributed by atoms with Crippen LogP contribution in [0.3, 0.4) is 0 Å². The number of nitrogens with zero attached hydrogens (tertiary/aromatic N) is 2. The van der Waals surface area contributed by atoms with Gasteiger partial charge in [0.15, 0.2) is 11.5 Å². The van der Waals surface area contributed by atoms with Crippen molar-refractivity contribution in [2.24, 2.45) is 5.92 Å². The molecule has 0 aromatic heterocycles. The van der Waals surface area contributed by atoms with E-state index in [1.807, 2.05) is 6.07 Å². The lowest BCUT2D eigenvalue weighted by Crippen LogP contribution is -2.81. The number of hydroxylamine groups is 3. The number of alkyl halides is 3. The van der Waals surface area contributed by atoms with E-state index >= 15 is 0 Å². The Bertz CT molecular complexity index is 1360. The van der Waals surface area contributed by atoms with Gasteiger partial charge in [0.1, 0.15) is 17.7 Å². The molecule has 2 saturated carbocycles. The Hall–Kier alpha value is -2.82. The van der Waals surface area contributed by atoms with Gasteiger partial charge in [0.2, 0.25) is 0 Å². The number of rotatable bonds is 4. The topological polar surface area (TPSA) is 93.1 Å². The number of phenolic OH excluding ortho intramolecular Hbond substituents is 1. The van der Waals surface area contributed by atoms with E-state index in [1.54, 1.807) is 13.1 Å². The first-order valence-corrected chi connectivity index (χ1v) is 13.7. The summed E-state index contributed by atoms with van der Waals surface area (Å²) in [6.45, 7) is 0.811. The van der Waals surface area contributed by atoms with Gasteiger partial charge in [-0.25, -0.2) is 0 Å². The van der Waals surface area contributed by atoms with Gasteiger partial charge >= 0.3 is 6.18 Å². The first-order valence-electron chi connectivity index (χ1n) is 13.7. The molecule has 2 aromatic carbocycles. The highest BCUT2D eigenvalue weighted by molar-refractivity contribution is 5.94. The van der Waals surface area contributed by atoms with Gasteiger partial charge in [-0.1, -0.05) is 6.07 Å². The van der Waals surface area contributed by atoms with Crippen LogP contribution in [0.2, 0.25) is 0 Å². The summed E-state index contributed by atoms with van der Waals surface area (Å²) < 4.78 is 45.2. The third kappa shape index (κ3) is 3.31. The molecule has 39 heavy (non-hydrogen) atoms. The minimum Gasteiger partial charge on any atom is -0.632 e. The molecule has 1 saturated heterocycles. The van der Waals surface area contributed by atoms with Gasteiger partial charge in [0.05, 0.1) is 30.1 Å². The molecule has 7 nitrogen and oxygen atoms in total. The fourth-order valence-corrected chi connectivity index (χ4v) is 8.28. The molecule has 0 radical (unpaired) electrons. The Kier molecular flexibility index (Phi) is 5.09. The van der Waals surface area contributed by atoms with E-state index in [1.165, 1.54) is 17.0 Å². The Morgan fingerprint density at radius 3 is 2.54 bits per heavy atom. The van der Waals surface area contributed by atoms with Crippen molar-refractivity contribution in [3.63, 3.8) is 0 Å². The summed E-state index contributed by atoms with van der Waals surface area (Å²) in [5.74, 6) is 0.201. The fraction of sp³-hybridized carbons (Fsp3) is 0.552. The van der Waals surface area contributed by atoms with E-state index in [2.05, 4.69) is 0 Å². The number of carbonyl (C=O) groups excluding carboxylic acids is 1. The van der Waals surface area contributed by atoms with E-state index in [-0.39, 0.29) is 17.7 Å². The second-order valence-corrected chi connectivity index (χ2v) is 12.3. The van der Waals surface area contributed by atoms with Crippen LogP contribution in [0.4, 0.5) is 13.2 Å². The number of amides is 1. The molecule has 6 atom stereocenters. The Morgan fingerprint density at radius 1 is 1.15 bits per heavy atom. The highest BCUT2D eigenvalue weighted by Crippen LogP contribution is 2.67. The molecule has 2 aliphatic heterocycles. The lowest BCUT2D eigenvalue weighted by molar-refractivity contribution is -0.924. The van der Waals surface area contributed by atoms with Crippen LogP contribution in [-0.4, -0.2) is 69.6 Å². The Morgan fingerprint density at radius 2 is 1.87 bits per heavy atom. The van der Waals surface area contributed by atoms with E-state index in [9.17, 15) is 33.4 Å². The molecule has 2 heterocycles. The van der Waals surface area contributed by atoms with Crippen molar-refractivity contribution in [2.45, 2.75) is 73.9 Å². The number of aliphatic hydroxyl groups is 1. The zero-order valence-electron chi connectivity index (χ0n) is 21.6. The third-order valence-corrected chi connectivity index (χ3v) is 10.3. The lowest BCUT2D eigenvalue weighted by Gasteiger charge is -2.68. The molecular weight excluding hydrogens is 513 g/mol. The number of phenols is 1. The molecule has 1 amide bonds. The van der Waals surface area contributed by atoms with Gasteiger partial charge in [-0.3, -0.25) is 4.79 Å². The molecule has 2 bridgehead atoms. The van der Waals surface area contributed by atoms with Crippen LogP contribution in [-0.2, 0) is 18.0 Å². The van der Waals surface area contributed by atoms with Crippen LogP contribution in [0.1, 0.15) is 59.2 Å². The summed E-state index contributed by atoms with van der Waals surface area (Å²) in [4.78, 5) is 15.0. The standard InChI is InChI=1S/C29H31F3N2O5/c1-33(26(36)17-4-7-19(8-5-17)29(30,31)32)20-10-11-28(37)22-14-18-6-9-21(35)24-23(18)27(28,25(20)39-24)12-13-34(22,38)15-16-2-3-16/h4-9,16,20,22,25,35,37H,2-3,10-15H2,1H3/t20-,22-,25+,27?,28-,34?/m1/s1. The second kappa shape index (κ2) is 7.89. The van der Waals surface area contributed by atoms with Gasteiger partial charge in [0, 0.05) is 36.9 Å². The molecule has 3 aliphatic carbocycles. The lowest BCUT2D eigenvalue weighted by atomic mass is 9.48. The highest BCUT2D eigenvalue weighted by Gasteiger charge is 2.76. The van der Waals surface area contributed by atoms with Gasteiger partial charge < -0.3 is 29.7 Å². The predicted octanol–water partition coefficient (Wildman–Crippen LogP) is 4.13. The van der Waals surface area contributed by atoms with Crippen molar-refractivity contribution in [3.8, 4) is 11.5 Å². The average Bonchev–Trinajstić information content (AvgIpc) is 3.62. The normalized spacial score (nSPS) is 36.2. The minimum atomic E-state index is -4.50. The van der Waals surface area contributed by atoms with Crippen molar-refractivity contribution >= 4 is 5.91 Å². The van der Waals surface area contributed by atoms with Crippen LogP contribution in [0, 0.1) is 11.1 Å². The highest BCUT2D eigenvalue weighted by atomic mass is 19.4. The van der Waals surface area contributed by atoms with Crippen LogP contribution >= 0.6 is 0 Å². The quantitative estimate of drug-likeness (QED) is 0.446. The molecule has 208 valence electrons. The third-order valence-electron chi connectivity index (χ3n) is 10.3. The van der Waals surface area contributed by atoms with Crippen LogP contribution in [0.5, 0.6) is 11.5 Å². The smallest absolute Gasteiger partial charge is 0.416 e. The molecule has 2 N–H and O–H groups in total. The molecule has 10 heteroatoms. The number of benzene rings is 2. The van der Waals surface area contributed by atoms with E-state index < -0.39 is 51.5 Å². The second-order valence-electron chi connectivity index (χ2n) is 12.3. The van der Waals surface area contributed by atoms with E-state index in [4.69, 9.17) is 4.74 Å². The van der Waals surface area contributed by atoms with Gasteiger partial charge in [-0.15, -0.1) is 0 Å². The summed E-state index contributed by atoms with van der Waals surface area (Å²) in [6.07, 6.45) is -1.73. The van der Waals surface area contributed by atoms with Crippen LogP contribution < -0.4 is 4.74 Å². The average molecular weight is 545 g/mol. The maximum Gasteiger partial charge on any atom is 0.416 e. The van der Waals surface area contributed by atoms with Gasteiger partial charge in [0.25, 0.3) is 5.91 Å². The van der Waals surface area contributed by atoms with Crippen molar-refractivity contribution in [1.29, 1.82) is 0 Å². The summed E-state index contributed by atoms with van der Waals surface area (Å²) in [5.41, 5.74) is -1.40. The van der Waals surface area contributed by atoms with Crippen molar-refractivity contribution in [3.05, 3.63) is 63.9 Å². The van der Waals surface area contributed by atoms with Crippen LogP contribution in [0.25, 0.3) is 0 Å². The largest absolute Gasteiger partial charge is 0.632 e. The number of quaternary nitrogens is 1.